The normalized spacial score (nSPS) is 22.6. The van der Waals surface area contributed by atoms with Crippen LogP contribution in [0.5, 0.6) is 0 Å². The average molecular weight is 795 g/mol. The number of aliphatic imine (C=N–C) groups is 1. The van der Waals surface area contributed by atoms with Crippen LogP contribution in [0.2, 0.25) is 0 Å². The van der Waals surface area contributed by atoms with Crippen molar-refractivity contribution < 1.29 is 33.9 Å². The molecule has 1 fully saturated rings. The van der Waals surface area contributed by atoms with Gasteiger partial charge in [-0.05, 0) is 34.7 Å². The number of carboxylic acid groups (broad SMARTS) is 1. The summed E-state index contributed by atoms with van der Waals surface area (Å²) in [6, 6.07) is 3.51. The highest BCUT2D eigenvalue weighted by Gasteiger charge is 2.44. The molecule has 15 nitrogen and oxygen atoms in total. The standard InChI is InChI=1S/C40H58N8O7S/c1-22(2)29-35(53)47-31(39(4,5)6)33(42-21-27(49)48-17-15-23(3)30(48)36(54)45-29)46-32(40(7,8)9)37(55)43-25(19-24-13-11-10-12-14-24)34(52)44-26(20-28(50)51)38-41-16-18-56-38/h10-14,16,18,22-23,25-26,29-32H,15,17,19-21H2,1-9H3,(H,42,46)(H,43,55)(H,44,52)(H,45,54)(H,47,53)(H,50,51)/t23-,25+,26+,29+,30+,31-,32+/m1/s1. The number of benzene rings is 1. The number of rotatable bonds is 11. The highest BCUT2D eigenvalue weighted by Crippen LogP contribution is 2.28. The Morgan fingerprint density at radius 2 is 1.66 bits per heavy atom. The number of carbonyl (C=O) groups is 6. The Bertz CT molecular complexity index is 1750. The molecule has 0 bridgehead atoms. The van der Waals surface area contributed by atoms with E-state index >= 15 is 0 Å². The molecule has 4 rings (SSSR count). The number of nitrogens with zero attached hydrogens (tertiary/aromatic N) is 3. The van der Waals surface area contributed by atoms with Gasteiger partial charge in [-0.25, -0.2) is 4.98 Å². The third-order valence-corrected chi connectivity index (χ3v) is 11.0. The molecule has 1 aromatic heterocycles. The Hall–Kier alpha value is -4.86. The molecule has 6 N–H and O–H groups in total. The number of aliphatic carboxylic acids is 1. The Kier molecular flexibility index (Phi) is 14.4. The fourth-order valence-corrected chi connectivity index (χ4v) is 7.67. The number of hydrogen-bond acceptors (Lipinski definition) is 10. The van der Waals surface area contributed by atoms with Crippen LogP contribution >= 0.6 is 11.3 Å². The molecule has 0 unspecified atom stereocenters. The molecule has 5 amide bonds. The van der Waals surface area contributed by atoms with Crippen molar-refractivity contribution in [2.24, 2.45) is 27.7 Å². The van der Waals surface area contributed by atoms with Gasteiger partial charge >= 0.3 is 5.97 Å². The van der Waals surface area contributed by atoms with Crippen LogP contribution < -0.4 is 26.6 Å². The lowest BCUT2D eigenvalue weighted by molar-refractivity contribution is -0.140. The summed E-state index contributed by atoms with van der Waals surface area (Å²) in [6.45, 7) is 16.8. The van der Waals surface area contributed by atoms with E-state index in [1.807, 2.05) is 92.6 Å². The number of nitrogens with one attached hydrogen (secondary N) is 5. The SMILES string of the molecule is CC(C)[C@@H]1NC(=O)[C@@H]2[C@H](C)CCN2C(=O)CN=C(N[C@@H](C(=O)N[C@@H](Cc2ccccc2)C(=O)N[C@@H](CC(=O)O)c2nccs2)C(C)(C)C)[C@H](C(C)(C)C)NC1=O. The predicted molar refractivity (Wildman–Crippen MR) is 213 cm³/mol. The molecule has 0 aliphatic carbocycles. The molecule has 2 aliphatic heterocycles. The van der Waals surface area contributed by atoms with Crippen LogP contribution in [0.3, 0.4) is 0 Å². The summed E-state index contributed by atoms with van der Waals surface area (Å²) < 4.78 is 0. The summed E-state index contributed by atoms with van der Waals surface area (Å²) >= 11 is 1.21. The van der Waals surface area contributed by atoms with Crippen molar-refractivity contribution in [3.8, 4) is 0 Å². The number of amidine groups is 1. The lowest BCUT2D eigenvalue weighted by Gasteiger charge is -2.39. The lowest BCUT2D eigenvalue weighted by atomic mass is 9.82. The van der Waals surface area contributed by atoms with E-state index < -0.39 is 77.2 Å². The smallest absolute Gasteiger partial charge is 0.305 e. The van der Waals surface area contributed by atoms with Crippen LogP contribution in [-0.2, 0) is 35.2 Å². The van der Waals surface area contributed by atoms with Crippen molar-refractivity contribution in [1.82, 2.24) is 36.5 Å². The van der Waals surface area contributed by atoms with Crippen LogP contribution in [0, 0.1) is 22.7 Å². The topological polar surface area (TPSA) is 211 Å². The van der Waals surface area contributed by atoms with Gasteiger partial charge in [-0.3, -0.25) is 33.8 Å². The number of carbonyl (C=O) groups excluding carboxylic acids is 5. The first-order valence-electron chi connectivity index (χ1n) is 19.1. The van der Waals surface area contributed by atoms with Crippen molar-refractivity contribution in [2.45, 2.75) is 118 Å². The molecule has 2 aromatic rings. The summed E-state index contributed by atoms with van der Waals surface area (Å²) in [4.78, 5) is 92.3. The number of amides is 5. The zero-order chi connectivity index (χ0) is 41.5. The number of hydrogen-bond donors (Lipinski definition) is 6. The van der Waals surface area contributed by atoms with Crippen molar-refractivity contribution >= 4 is 52.7 Å². The van der Waals surface area contributed by atoms with Gasteiger partial charge in [0.1, 0.15) is 41.6 Å². The number of thiazole rings is 1. The van der Waals surface area contributed by atoms with E-state index in [-0.39, 0.29) is 42.5 Å². The first-order chi connectivity index (χ1) is 26.2. The summed E-state index contributed by atoms with van der Waals surface area (Å²) in [7, 11) is 0. The molecule has 0 saturated carbocycles. The van der Waals surface area contributed by atoms with Crippen molar-refractivity contribution in [2.75, 3.05) is 13.1 Å². The van der Waals surface area contributed by atoms with E-state index in [0.29, 0.717) is 18.0 Å². The summed E-state index contributed by atoms with van der Waals surface area (Å²) in [6.07, 6.45) is 1.83. The third-order valence-electron chi connectivity index (χ3n) is 10.1. The molecule has 306 valence electrons. The summed E-state index contributed by atoms with van der Waals surface area (Å²) in [5.74, 6) is -3.67. The molecule has 56 heavy (non-hydrogen) atoms. The van der Waals surface area contributed by atoms with Crippen molar-refractivity contribution in [3.05, 3.63) is 52.5 Å². The number of fused-ring (bicyclic) bond motifs is 1. The zero-order valence-electron chi connectivity index (χ0n) is 33.8. The van der Waals surface area contributed by atoms with Crippen LogP contribution in [0.1, 0.15) is 91.8 Å². The molecular weight excluding hydrogens is 737 g/mol. The molecule has 2 aliphatic rings. The zero-order valence-corrected chi connectivity index (χ0v) is 34.7. The van der Waals surface area contributed by atoms with Gasteiger partial charge in [0, 0.05) is 24.5 Å². The maximum atomic E-state index is 14.6. The molecule has 0 spiro atoms. The van der Waals surface area contributed by atoms with E-state index in [2.05, 4.69) is 31.6 Å². The monoisotopic (exact) mass is 794 g/mol. The maximum absolute atomic E-state index is 14.6. The van der Waals surface area contributed by atoms with Gasteiger partial charge in [-0.2, -0.15) is 0 Å². The van der Waals surface area contributed by atoms with Gasteiger partial charge in [0.05, 0.1) is 18.5 Å². The lowest BCUT2D eigenvalue weighted by Crippen LogP contribution is -2.64. The van der Waals surface area contributed by atoms with E-state index in [9.17, 15) is 33.9 Å². The molecular formula is C40H58N8O7S. The number of carboxylic acids is 1. The molecule has 7 atom stereocenters. The van der Waals surface area contributed by atoms with Crippen LogP contribution in [0.25, 0.3) is 0 Å². The minimum atomic E-state index is -1.13. The van der Waals surface area contributed by atoms with Crippen LogP contribution in [0.15, 0.2) is 46.9 Å². The highest BCUT2D eigenvalue weighted by atomic mass is 32.1. The Morgan fingerprint density at radius 3 is 2.23 bits per heavy atom. The van der Waals surface area contributed by atoms with Crippen LogP contribution in [-0.4, -0.2) is 99.6 Å². The fourth-order valence-electron chi connectivity index (χ4n) is 6.98. The van der Waals surface area contributed by atoms with Gasteiger partial charge in [0.2, 0.25) is 29.5 Å². The van der Waals surface area contributed by atoms with Gasteiger partial charge in [0.25, 0.3) is 0 Å². The van der Waals surface area contributed by atoms with Gasteiger partial charge in [0.15, 0.2) is 0 Å². The van der Waals surface area contributed by atoms with Crippen molar-refractivity contribution in [1.29, 1.82) is 0 Å². The van der Waals surface area contributed by atoms with E-state index in [0.717, 1.165) is 5.56 Å². The second-order valence-electron chi connectivity index (χ2n) is 17.3. The summed E-state index contributed by atoms with van der Waals surface area (Å²) in [5, 5.41) is 26.8. The van der Waals surface area contributed by atoms with Crippen molar-refractivity contribution in [3.63, 3.8) is 0 Å². The fraction of sp³-hybridized carbons (Fsp3) is 0.600. The predicted octanol–water partition coefficient (Wildman–Crippen LogP) is 2.83. The highest BCUT2D eigenvalue weighted by molar-refractivity contribution is 7.09. The molecule has 0 radical (unpaired) electrons. The first-order valence-corrected chi connectivity index (χ1v) is 20.0. The Balaban J connectivity index is 1.73. The van der Waals surface area contributed by atoms with Gasteiger partial charge < -0.3 is 36.6 Å². The Morgan fingerprint density at radius 1 is 0.982 bits per heavy atom. The van der Waals surface area contributed by atoms with E-state index in [1.54, 1.807) is 5.38 Å². The van der Waals surface area contributed by atoms with Crippen LogP contribution in [0.4, 0.5) is 0 Å². The second-order valence-corrected chi connectivity index (χ2v) is 18.2. The summed E-state index contributed by atoms with van der Waals surface area (Å²) in [5.41, 5.74) is -0.748. The maximum Gasteiger partial charge on any atom is 0.305 e. The Labute approximate surface area is 333 Å². The molecule has 16 heteroatoms. The molecule has 3 heterocycles. The molecule has 1 aromatic carbocycles. The molecule has 1 saturated heterocycles. The third kappa shape index (κ3) is 11.4. The number of aromatic nitrogens is 1. The average Bonchev–Trinajstić information content (AvgIpc) is 3.78. The minimum absolute atomic E-state index is 0.0980. The van der Waals surface area contributed by atoms with E-state index in [1.165, 1.54) is 22.4 Å². The van der Waals surface area contributed by atoms with E-state index in [4.69, 9.17) is 4.99 Å². The first kappa shape index (κ1) is 43.9. The largest absolute Gasteiger partial charge is 0.481 e. The minimum Gasteiger partial charge on any atom is -0.481 e. The quantitative estimate of drug-likeness (QED) is 0.197. The second kappa shape index (κ2) is 18.4. The van der Waals surface area contributed by atoms with Gasteiger partial charge in [-0.1, -0.05) is 92.6 Å². The van der Waals surface area contributed by atoms with Gasteiger partial charge in [-0.15, -0.1) is 11.3 Å².